The molecule has 0 amide bonds. The van der Waals surface area contributed by atoms with E-state index in [0.29, 0.717) is 17.2 Å². The third kappa shape index (κ3) is 2.02. The highest BCUT2D eigenvalue weighted by atomic mass is 35.5. The quantitative estimate of drug-likeness (QED) is 0.723. The molecule has 1 atom stereocenters. The molecule has 15 heavy (non-hydrogen) atoms. The van der Waals surface area contributed by atoms with Gasteiger partial charge in [-0.15, -0.1) is 0 Å². The van der Waals surface area contributed by atoms with E-state index < -0.39 is 0 Å². The van der Waals surface area contributed by atoms with Gasteiger partial charge < -0.3 is 4.84 Å². The molecule has 4 heteroatoms. The molecule has 0 radical (unpaired) electrons. The van der Waals surface area contributed by atoms with Gasteiger partial charge in [-0.2, -0.15) is 0 Å². The molecule has 1 aliphatic rings. The predicted octanol–water partition coefficient (Wildman–Crippen LogP) is 2.43. The smallest absolute Gasteiger partial charge is 0.318 e. The summed E-state index contributed by atoms with van der Waals surface area (Å²) in [5.74, 6) is -0.586. The van der Waals surface area contributed by atoms with E-state index in [-0.39, 0.29) is 11.9 Å². The number of hydrogen-bond acceptors (Lipinski definition) is 3. The first-order chi connectivity index (χ1) is 7.18. The van der Waals surface area contributed by atoms with Crippen LogP contribution in [0.15, 0.2) is 29.4 Å². The van der Waals surface area contributed by atoms with Crippen molar-refractivity contribution in [2.75, 3.05) is 0 Å². The monoisotopic (exact) mass is 223 g/mol. The average molecular weight is 224 g/mol. The molecule has 0 saturated carbocycles. The molecule has 1 aliphatic heterocycles. The number of halogens is 1. The number of hydrogen-bond donors (Lipinski definition) is 0. The summed E-state index contributed by atoms with van der Waals surface area (Å²) in [6, 6.07) is 7.47. The van der Waals surface area contributed by atoms with Gasteiger partial charge in [-0.25, -0.2) is 4.79 Å². The van der Waals surface area contributed by atoms with Crippen molar-refractivity contribution in [3.63, 3.8) is 0 Å². The van der Waals surface area contributed by atoms with Crippen LogP contribution in [0.2, 0.25) is 5.02 Å². The fraction of sp³-hybridized carbons (Fsp3) is 0.273. The Labute approximate surface area is 92.7 Å². The lowest BCUT2D eigenvalue weighted by Crippen LogP contribution is -2.18. The third-order valence-electron chi connectivity index (χ3n) is 2.45. The van der Waals surface area contributed by atoms with E-state index in [4.69, 9.17) is 11.6 Å². The lowest BCUT2D eigenvalue weighted by Gasteiger charge is -2.07. The first-order valence-corrected chi connectivity index (χ1v) is 5.05. The van der Waals surface area contributed by atoms with E-state index >= 15 is 0 Å². The van der Waals surface area contributed by atoms with E-state index in [9.17, 15) is 4.79 Å². The van der Waals surface area contributed by atoms with E-state index in [1.165, 1.54) is 0 Å². The topological polar surface area (TPSA) is 38.7 Å². The zero-order valence-corrected chi connectivity index (χ0v) is 8.99. The van der Waals surface area contributed by atoms with Crippen LogP contribution in [0.3, 0.4) is 0 Å². The highest BCUT2D eigenvalue weighted by Gasteiger charge is 2.30. The lowest BCUT2D eigenvalue weighted by atomic mass is 9.96. The summed E-state index contributed by atoms with van der Waals surface area (Å²) in [4.78, 5) is 15.9. The molecule has 0 bridgehead atoms. The Morgan fingerprint density at radius 1 is 1.47 bits per heavy atom. The van der Waals surface area contributed by atoms with Gasteiger partial charge in [0.25, 0.3) is 0 Å². The van der Waals surface area contributed by atoms with Gasteiger partial charge >= 0.3 is 5.97 Å². The molecule has 0 N–H and O–H groups in total. The molecule has 1 aromatic rings. The van der Waals surface area contributed by atoms with E-state index in [2.05, 4.69) is 9.99 Å². The van der Waals surface area contributed by atoms with Gasteiger partial charge in [-0.1, -0.05) is 35.0 Å². The minimum absolute atomic E-state index is 0.287. The number of benzene rings is 1. The van der Waals surface area contributed by atoms with Crippen LogP contribution in [-0.2, 0) is 16.1 Å². The largest absolute Gasteiger partial charge is 0.344 e. The Morgan fingerprint density at radius 3 is 2.80 bits per heavy atom. The summed E-state index contributed by atoms with van der Waals surface area (Å²) in [5, 5.41) is 4.32. The summed E-state index contributed by atoms with van der Waals surface area (Å²) in [5.41, 5.74) is 1.65. The molecular weight excluding hydrogens is 214 g/mol. The van der Waals surface area contributed by atoms with Crippen molar-refractivity contribution in [2.24, 2.45) is 11.1 Å². The summed E-state index contributed by atoms with van der Waals surface area (Å²) in [6.45, 7) is 1.78. The van der Waals surface area contributed by atoms with Gasteiger partial charge in [-0.3, -0.25) is 0 Å². The van der Waals surface area contributed by atoms with Gasteiger partial charge in [0.05, 0.1) is 5.71 Å². The second-order valence-electron chi connectivity index (χ2n) is 3.49. The van der Waals surface area contributed by atoms with Crippen LogP contribution >= 0.6 is 11.6 Å². The highest BCUT2D eigenvalue weighted by Crippen LogP contribution is 2.22. The minimum atomic E-state index is -0.299. The molecular formula is C11H10ClNO2. The summed E-state index contributed by atoms with van der Waals surface area (Å²) >= 11 is 6.01. The fourth-order valence-corrected chi connectivity index (χ4v) is 1.74. The van der Waals surface area contributed by atoms with Crippen molar-refractivity contribution in [2.45, 2.75) is 13.3 Å². The van der Waals surface area contributed by atoms with Crippen LogP contribution in [0.5, 0.6) is 0 Å². The lowest BCUT2D eigenvalue weighted by molar-refractivity contribution is -0.143. The van der Waals surface area contributed by atoms with E-state index in [1.807, 2.05) is 24.3 Å². The maximum Gasteiger partial charge on any atom is 0.344 e. The molecule has 0 spiro atoms. The summed E-state index contributed by atoms with van der Waals surface area (Å²) < 4.78 is 0. The van der Waals surface area contributed by atoms with Crippen LogP contribution in [0, 0.1) is 5.92 Å². The van der Waals surface area contributed by atoms with Crippen LogP contribution < -0.4 is 0 Å². The van der Waals surface area contributed by atoms with Crippen LogP contribution in [0.1, 0.15) is 12.5 Å². The number of rotatable bonds is 2. The molecule has 1 heterocycles. The summed E-state index contributed by atoms with van der Waals surface area (Å²) in [6.07, 6.45) is 0.549. The molecule has 0 aromatic heterocycles. The Hall–Kier alpha value is -1.35. The van der Waals surface area contributed by atoms with Crippen molar-refractivity contribution >= 4 is 23.3 Å². The first-order valence-electron chi connectivity index (χ1n) is 4.67. The van der Waals surface area contributed by atoms with Gasteiger partial charge in [0.15, 0.2) is 0 Å². The van der Waals surface area contributed by atoms with Crippen LogP contribution in [-0.4, -0.2) is 11.7 Å². The third-order valence-corrected chi connectivity index (χ3v) is 2.82. The van der Waals surface area contributed by atoms with Gasteiger partial charge in [0.2, 0.25) is 0 Å². The molecule has 3 nitrogen and oxygen atoms in total. The number of carbonyl (C=O) groups is 1. The van der Waals surface area contributed by atoms with Gasteiger partial charge in [0, 0.05) is 5.02 Å². The predicted molar refractivity (Wildman–Crippen MR) is 57.8 cm³/mol. The highest BCUT2D eigenvalue weighted by molar-refractivity contribution is 6.31. The molecule has 0 saturated heterocycles. The molecule has 78 valence electrons. The Morgan fingerprint density at radius 2 is 2.20 bits per heavy atom. The van der Waals surface area contributed by atoms with Crippen LogP contribution in [0.25, 0.3) is 0 Å². The van der Waals surface area contributed by atoms with Crippen LogP contribution in [0.4, 0.5) is 0 Å². The Balaban J connectivity index is 2.19. The number of carbonyl (C=O) groups excluding carboxylic acids is 1. The maximum atomic E-state index is 11.3. The minimum Gasteiger partial charge on any atom is -0.318 e. The average Bonchev–Trinajstić information content (AvgIpc) is 2.53. The van der Waals surface area contributed by atoms with Crippen molar-refractivity contribution in [3.05, 3.63) is 34.9 Å². The zero-order valence-electron chi connectivity index (χ0n) is 8.24. The standard InChI is InChI=1S/C11H10ClNO2/c1-7-9(11(14)15-13-7)6-8-4-2-3-5-10(8)12/h2-5,9H,6H2,1H3. The second kappa shape index (κ2) is 4.03. The maximum absolute atomic E-state index is 11.3. The first kappa shape index (κ1) is 10.2. The van der Waals surface area contributed by atoms with Crippen molar-refractivity contribution in [1.82, 2.24) is 0 Å². The molecule has 0 aliphatic carbocycles. The molecule has 1 unspecified atom stereocenters. The van der Waals surface area contributed by atoms with Gasteiger partial charge in [-0.05, 0) is 25.0 Å². The Bertz CT molecular complexity index is 428. The van der Waals surface area contributed by atoms with E-state index in [1.54, 1.807) is 6.92 Å². The Kier molecular flexibility index (Phi) is 2.73. The second-order valence-corrected chi connectivity index (χ2v) is 3.90. The zero-order chi connectivity index (χ0) is 10.8. The molecule has 0 fully saturated rings. The molecule has 2 rings (SSSR count). The number of oxime groups is 1. The summed E-state index contributed by atoms with van der Waals surface area (Å²) in [7, 11) is 0. The van der Waals surface area contributed by atoms with Crippen molar-refractivity contribution in [1.29, 1.82) is 0 Å². The van der Waals surface area contributed by atoms with Gasteiger partial charge in [0.1, 0.15) is 5.92 Å². The number of nitrogens with zero attached hydrogens (tertiary/aromatic N) is 1. The van der Waals surface area contributed by atoms with E-state index in [0.717, 1.165) is 5.56 Å². The fourth-order valence-electron chi connectivity index (χ4n) is 1.53. The van der Waals surface area contributed by atoms with Crippen molar-refractivity contribution < 1.29 is 9.63 Å². The molecule has 1 aromatic carbocycles. The normalized spacial score (nSPS) is 20.0. The SMILES string of the molecule is CC1=NOC(=O)C1Cc1ccccc1Cl. The van der Waals surface area contributed by atoms with Crippen molar-refractivity contribution in [3.8, 4) is 0 Å².